The minimum atomic E-state index is -0.0625. The highest BCUT2D eigenvalue weighted by molar-refractivity contribution is 5.75. The summed E-state index contributed by atoms with van der Waals surface area (Å²) in [5.74, 6) is -0.0625. The molecule has 0 amide bonds. The third kappa shape index (κ3) is 2.19. The highest BCUT2D eigenvalue weighted by Gasteiger charge is 2.23. The van der Waals surface area contributed by atoms with E-state index < -0.39 is 0 Å². The maximum absolute atomic E-state index is 11.2. The molecule has 64 valence electrons. The molecule has 0 aromatic rings. The van der Waals surface area contributed by atoms with Crippen molar-refractivity contribution in [2.45, 2.75) is 25.3 Å². The predicted octanol–water partition coefficient (Wildman–Crippen LogP) is 0.644. The van der Waals surface area contributed by atoms with E-state index in [0.717, 1.165) is 19.3 Å². The first-order valence-corrected chi connectivity index (χ1v) is 4.05. The van der Waals surface area contributed by atoms with E-state index in [1.807, 2.05) is 19.0 Å². The number of nitrogens with zero attached hydrogens (tertiary/aromatic N) is 1. The Kier molecular flexibility index (Phi) is 2.88. The Bertz CT molecular complexity index is 145. The maximum Gasteiger partial charge on any atom is 0.323 e. The fourth-order valence-corrected chi connectivity index (χ4v) is 1.30. The van der Waals surface area contributed by atoms with Crippen LogP contribution in [0.4, 0.5) is 0 Å². The van der Waals surface area contributed by atoms with Crippen LogP contribution < -0.4 is 0 Å². The summed E-state index contributed by atoms with van der Waals surface area (Å²) in [5, 5.41) is 0. The molecule has 1 heterocycles. The number of hydrogen-bond acceptors (Lipinski definition) is 3. The minimum Gasteiger partial charge on any atom is -0.465 e. The maximum atomic E-state index is 11.2. The Hall–Kier alpha value is -0.570. The zero-order chi connectivity index (χ0) is 8.27. The predicted molar refractivity (Wildman–Crippen MR) is 42.3 cm³/mol. The van der Waals surface area contributed by atoms with Gasteiger partial charge >= 0.3 is 5.97 Å². The largest absolute Gasteiger partial charge is 0.465 e. The van der Waals surface area contributed by atoms with Crippen molar-refractivity contribution in [2.24, 2.45) is 0 Å². The number of rotatable bonds is 1. The molecule has 1 fully saturated rings. The van der Waals surface area contributed by atoms with Crippen LogP contribution in [0.25, 0.3) is 0 Å². The molecule has 1 unspecified atom stereocenters. The summed E-state index contributed by atoms with van der Waals surface area (Å²) in [4.78, 5) is 13.1. The van der Waals surface area contributed by atoms with Gasteiger partial charge < -0.3 is 4.74 Å². The van der Waals surface area contributed by atoms with Crippen LogP contribution in [0, 0.1) is 0 Å². The van der Waals surface area contributed by atoms with Gasteiger partial charge in [-0.3, -0.25) is 9.69 Å². The first-order chi connectivity index (χ1) is 5.22. The summed E-state index contributed by atoms with van der Waals surface area (Å²) in [7, 11) is 3.83. The van der Waals surface area contributed by atoms with Crippen molar-refractivity contribution in [2.75, 3.05) is 20.7 Å². The van der Waals surface area contributed by atoms with Gasteiger partial charge in [-0.1, -0.05) is 0 Å². The van der Waals surface area contributed by atoms with Crippen molar-refractivity contribution in [3.8, 4) is 0 Å². The summed E-state index contributed by atoms with van der Waals surface area (Å²) >= 11 is 0. The third-order valence-electron chi connectivity index (χ3n) is 2.01. The highest BCUT2D eigenvalue weighted by atomic mass is 16.5. The van der Waals surface area contributed by atoms with Gasteiger partial charge in [-0.15, -0.1) is 0 Å². The van der Waals surface area contributed by atoms with Crippen molar-refractivity contribution in [1.29, 1.82) is 0 Å². The van der Waals surface area contributed by atoms with Crippen LogP contribution in [0.3, 0.4) is 0 Å². The van der Waals surface area contributed by atoms with E-state index in [4.69, 9.17) is 4.74 Å². The lowest BCUT2D eigenvalue weighted by Gasteiger charge is -2.19. The SMILES string of the molecule is CN(C)C1CCCCOC1=O. The van der Waals surface area contributed by atoms with Crippen LogP contribution in [-0.2, 0) is 9.53 Å². The molecule has 3 heteroatoms. The van der Waals surface area contributed by atoms with Crippen molar-refractivity contribution < 1.29 is 9.53 Å². The lowest BCUT2D eigenvalue weighted by Crippen LogP contribution is -2.35. The van der Waals surface area contributed by atoms with E-state index in [0.29, 0.717) is 6.61 Å². The lowest BCUT2D eigenvalue weighted by atomic mass is 10.1. The standard InChI is InChI=1S/C8H15NO2/c1-9(2)7-5-3-4-6-11-8(7)10/h7H,3-6H2,1-2H3. The van der Waals surface area contributed by atoms with Gasteiger partial charge in [0.1, 0.15) is 6.04 Å². The molecule has 0 aliphatic carbocycles. The molecule has 1 saturated heterocycles. The van der Waals surface area contributed by atoms with Crippen LogP contribution in [0.5, 0.6) is 0 Å². The Morgan fingerprint density at radius 2 is 2.18 bits per heavy atom. The number of cyclic esters (lactones) is 1. The first kappa shape index (κ1) is 8.53. The van der Waals surface area contributed by atoms with Crippen LogP contribution >= 0.6 is 0 Å². The molecule has 0 aromatic heterocycles. The van der Waals surface area contributed by atoms with Crippen LogP contribution in [0.15, 0.2) is 0 Å². The number of carbonyl (C=O) groups is 1. The van der Waals surface area contributed by atoms with Crippen molar-refractivity contribution in [3.05, 3.63) is 0 Å². The second-order valence-electron chi connectivity index (χ2n) is 3.14. The average molecular weight is 157 g/mol. The quantitative estimate of drug-likeness (QED) is 0.523. The molecular weight excluding hydrogens is 142 g/mol. The zero-order valence-corrected chi connectivity index (χ0v) is 7.17. The van der Waals surface area contributed by atoms with E-state index in [2.05, 4.69) is 0 Å². The molecule has 11 heavy (non-hydrogen) atoms. The Morgan fingerprint density at radius 1 is 1.45 bits per heavy atom. The van der Waals surface area contributed by atoms with Gasteiger partial charge in [0.05, 0.1) is 6.61 Å². The average Bonchev–Trinajstić information content (AvgIpc) is 2.13. The fraction of sp³-hybridized carbons (Fsp3) is 0.875. The highest BCUT2D eigenvalue weighted by Crippen LogP contribution is 2.12. The Balaban J connectivity index is 2.52. The lowest BCUT2D eigenvalue weighted by molar-refractivity contribution is -0.147. The van der Waals surface area contributed by atoms with E-state index in [1.165, 1.54) is 0 Å². The summed E-state index contributed by atoms with van der Waals surface area (Å²) < 4.78 is 5.00. The topological polar surface area (TPSA) is 29.5 Å². The summed E-state index contributed by atoms with van der Waals surface area (Å²) in [5.41, 5.74) is 0. The fourth-order valence-electron chi connectivity index (χ4n) is 1.30. The van der Waals surface area contributed by atoms with Gasteiger partial charge in [0.2, 0.25) is 0 Å². The van der Waals surface area contributed by atoms with Crippen LogP contribution in [0.1, 0.15) is 19.3 Å². The van der Waals surface area contributed by atoms with E-state index in [1.54, 1.807) is 0 Å². The Morgan fingerprint density at radius 3 is 2.82 bits per heavy atom. The molecule has 0 saturated carbocycles. The molecule has 1 aliphatic heterocycles. The summed E-state index contributed by atoms with van der Waals surface area (Å²) in [6.07, 6.45) is 3.04. The van der Waals surface area contributed by atoms with Gasteiger partial charge in [-0.25, -0.2) is 0 Å². The molecule has 1 aliphatic rings. The summed E-state index contributed by atoms with van der Waals surface area (Å²) in [6.45, 7) is 0.600. The number of likely N-dealkylation sites (N-methyl/N-ethyl adjacent to an activating group) is 1. The molecule has 1 rings (SSSR count). The molecular formula is C8H15NO2. The van der Waals surface area contributed by atoms with Crippen LogP contribution in [-0.4, -0.2) is 37.6 Å². The second-order valence-corrected chi connectivity index (χ2v) is 3.14. The van der Waals surface area contributed by atoms with Gasteiger partial charge in [-0.2, -0.15) is 0 Å². The van der Waals surface area contributed by atoms with Gasteiger partial charge in [0.25, 0.3) is 0 Å². The minimum absolute atomic E-state index is 0.0162. The molecule has 0 aromatic carbocycles. The molecule has 0 bridgehead atoms. The van der Waals surface area contributed by atoms with Gasteiger partial charge in [-0.05, 0) is 33.4 Å². The monoisotopic (exact) mass is 157 g/mol. The van der Waals surface area contributed by atoms with E-state index >= 15 is 0 Å². The molecule has 0 radical (unpaired) electrons. The summed E-state index contributed by atoms with van der Waals surface area (Å²) in [6, 6.07) is -0.0162. The van der Waals surface area contributed by atoms with Crippen molar-refractivity contribution >= 4 is 5.97 Å². The second kappa shape index (κ2) is 3.72. The van der Waals surface area contributed by atoms with Crippen molar-refractivity contribution in [3.63, 3.8) is 0 Å². The number of ether oxygens (including phenoxy) is 1. The van der Waals surface area contributed by atoms with E-state index in [9.17, 15) is 4.79 Å². The van der Waals surface area contributed by atoms with Gasteiger partial charge in [0, 0.05) is 0 Å². The number of esters is 1. The van der Waals surface area contributed by atoms with Gasteiger partial charge in [0.15, 0.2) is 0 Å². The molecule has 0 N–H and O–H groups in total. The van der Waals surface area contributed by atoms with E-state index in [-0.39, 0.29) is 12.0 Å². The van der Waals surface area contributed by atoms with Crippen molar-refractivity contribution in [1.82, 2.24) is 4.90 Å². The number of carbonyl (C=O) groups excluding carboxylic acids is 1. The molecule has 0 spiro atoms. The first-order valence-electron chi connectivity index (χ1n) is 4.05. The third-order valence-corrected chi connectivity index (χ3v) is 2.01. The molecule has 1 atom stereocenters. The normalized spacial score (nSPS) is 26.5. The molecule has 3 nitrogen and oxygen atoms in total. The number of hydrogen-bond donors (Lipinski definition) is 0. The smallest absolute Gasteiger partial charge is 0.323 e. The van der Waals surface area contributed by atoms with Crippen LogP contribution in [0.2, 0.25) is 0 Å². The Labute approximate surface area is 67.3 Å². The zero-order valence-electron chi connectivity index (χ0n) is 7.17.